The van der Waals surface area contributed by atoms with E-state index in [1.807, 2.05) is 13.8 Å². The molecule has 0 aromatic carbocycles. The smallest absolute Gasteiger partial charge is 0.209 e. The second-order valence-corrected chi connectivity index (χ2v) is 4.58. The van der Waals surface area contributed by atoms with Crippen molar-refractivity contribution in [1.29, 1.82) is 0 Å². The predicted molar refractivity (Wildman–Crippen MR) is 74.8 cm³/mol. The molecule has 95 valence electrons. The van der Waals surface area contributed by atoms with E-state index < -0.39 is 0 Å². The zero-order valence-corrected chi connectivity index (χ0v) is 11.5. The molecular weight excluding hydrogens is 195 g/mol. The Morgan fingerprint density at radius 1 is 1.12 bits per heavy atom. The van der Waals surface area contributed by atoms with Crippen molar-refractivity contribution in [2.75, 3.05) is 6.54 Å². The fourth-order valence-corrected chi connectivity index (χ4v) is 2.02. The SMILES string of the molecule is CC.CC(CN)N[B]C1CCCCCCC1. The lowest BCUT2D eigenvalue weighted by molar-refractivity contribution is 0.496. The highest BCUT2D eigenvalue weighted by Gasteiger charge is 2.13. The van der Waals surface area contributed by atoms with Crippen molar-refractivity contribution < 1.29 is 0 Å². The minimum absolute atomic E-state index is 0.431. The highest BCUT2D eigenvalue weighted by Crippen LogP contribution is 2.25. The first-order chi connectivity index (χ1) is 7.83. The topological polar surface area (TPSA) is 38.0 Å². The standard InChI is InChI=1S/C11H24BN2.C2H6/c1-10(9-13)14-12-11-7-5-3-2-4-6-8-11;1-2/h10-11,14H,2-9,13H2,1H3;1-2H3. The molecule has 1 saturated carbocycles. The van der Waals surface area contributed by atoms with E-state index in [1.54, 1.807) is 0 Å². The molecule has 0 bridgehead atoms. The molecule has 2 nitrogen and oxygen atoms in total. The van der Waals surface area contributed by atoms with Crippen LogP contribution in [0.15, 0.2) is 0 Å². The van der Waals surface area contributed by atoms with E-state index in [4.69, 9.17) is 5.73 Å². The Hall–Kier alpha value is -0.0151. The summed E-state index contributed by atoms with van der Waals surface area (Å²) in [5, 5.41) is 3.40. The van der Waals surface area contributed by atoms with Gasteiger partial charge in [-0.3, -0.25) is 0 Å². The molecule has 1 radical (unpaired) electrons. The zero-order valence-electron chi connectivity index (χ0n) is 11.5. The molecule has 1 fully saturated rings. The summed E-state index contributed by atoms with van der Waals surface area (Å²) >= 11 is 0. The molecular formula is C13H30BN2. The molecule has 0 saturated heterocycles. The van der Waals surface area contributed by atoms with Gasteiger partial charge in [-0.15, -0.1) is 0 Å². The Morgan fingerprint density at radius 3 is 2.12 bits per heavy atom. The lowest BCUT2D eigenvalue weighted by Gasteiger charge is -2.20. The van der Waals surface area contributed by atoms with Crippen LogP contribution in [0.5, 0.6) is 0 Å². The maximum atomic E-state index is 5.56. The highest BCUT2D eigenvalue weighted by atomic mass is 14.8. The molecule has 1 atom stereocenters. The van der Waals surface area contributed by atoms with Gasteiger partial charge in [0.15, 0.2) is 0 Å². The summed E-state index contributed by atoms with van der Waals surface area (Å²) < 4.78 is 0. The quantitative estimate of drug-likeness (QED) is 0.721. The van der Waals surface area contributed by atoms with Crippen LogP contribution < -0.4 is 11.0 Å². The predicted octanol–water partition coefficient (Wildman–Crippen LogP) is 3.10. The molecule has 1 aliphatic carbocycles. The van der Waals surface area contributed by atoms with Gasteiger partial charge in [0.25, 0.3) is 0 Å². The summed E-state index contributed by atoms with van der Waals surface area (Å²) in [5.41, 5.74) is 5.56. The van der Waals surface area contributed by atoms with Gasteiger partial charge in [-0.25, -0.2) is 0 Å². The highest BCUT2D eigenvalue weighted by molar-refractivity contribution is 6.34. The molecule has 1 rings (SSSR count). The van der Waals surface area contributed by atoms with E-state index in [1.165, 1.54) is 44.9 Å². The van der Waals surface area contributed by atoms with Crippen LogP contribution >= 0.6 is 0 Å². The van der Waals surface area contributed by atoms with Gasteiger partial charge in [0.05, 0.1) is 0 Å². The normalized spacial score (nSPS) is 20.0. The Kier molecular flexibility index (Phi) is 11.5. The van der Waals surface area contributed by atoms with Crippen molar-refractivity contribution in [3.05, 3.63) is 0 Å². The molecule has 0 aromatic heterocycles. The molecule has 16 heavy (non-hydrogen) atoms. The zero-order chi connectivity index (χ0) is 12.2. The average Bonchev–Trinajstić information content (AvgIpc) is 2.30. The van der Waals surface area contributed by atoms with E-state index in [0.29, 0.717) is 6.04 Å². The largest absolute Gasteiger partial charge is 0.357 e. The molecule has 0 spiro atoms. The average molecular weight is 225 g/mol. The molecule has 0 heterocycles. The fourth-order valence-electron chi connectivity index (χ4n) is 2.02. The van der Waals surface area contributed by atoms with Crippen LogP contribution in [0.1, 0.15) is 65.7 Å². The Labute approximate surface area is 103 Å². The summed E-state index contributed by atoms with van der Waals surface area (Å²) in [7, 11) is 2.29. The molecule has 1 aliphatic rings. The maximum Gasteiger partial charge on any atom is 0.209 e. The van der Waals surface area contributed by atoms with E-state index in [-0.39, 0.29) is 0 Å². The van der Waals surface area contributed by atoms with Crippen LogP contribution in [-0.4, -0.2) is 20.0 Å². The van der Waals surface area contributed by atoms with E-state index in [9.17, 15) is 0 Å². The number of nitrogens with one attached hydrogen (secondary N) is 1. The van der Waals surface area contributed by atoms with Gasteiger partial charge in [-0.1, -0.05) is 64.6 Å². The van der Waals surface area contributed by atoms with Gasteiger partial charge in [0, 0.05) is 12.6 Å². The molecule has 0 amide bonds. The first-order valence-corrected chi connectivity index (χ1v) is 7.12. The fraction of sp³-hybridized carbons (Fsp3) is 1.00. The van der Waals surface area contributed by atoms with Gasteiger partial charge >= 0.3 is 0 Å². The number of hydrogen-bond donors (Lipinski definition) is 2. The summed E-state index contributed by atoms with van der Waals surface area (Å²) in [6, 6.07) is 0.431. The molecule has 3 heteroatoms. The Bertz CT molecular complexity index is 134. The Balaban J connectivity index is 0.00000106. The van der Waals surface area contributed by atoms with Crippen molar-refractivity contribution in [2.45, 2.75) is 77.6 Å². The lowest BCUT2D eigenvalue weighted by atomic mass is 9.68. The van der Waals surface area contributed by atoms with Crippen molar-refractivity contribution in [2.24, 2.45) is 5.73 Å². The Morgan fingerprint density at radius 2 is 1.62 bits per heavy atom. The summed E-state index contributed by atoms with van der Waals surface area (Å²) in [6.07, 6.45) is 9.83. The van der Waals surface area contributed by atoms with Crippen LogP contribution in [0, 0.1) is 0 Å². The van der Waals surface area contributed by atoms with Gasteiger partial charge in [-0.05, 0) is 6.92 Å². The molecule has 0 aliphatic heterocycles. The van der Waals surface area contributed by atoms with Crippen LogP contribution in [0.2, 0.25) is 5.82 Å². The third kappa shape index (κ3) is 8.17. The first-order valence-electron chi connectivity index (χ1n) is 7.12. The van der Waals surface area contributed by atoms with E-state index in [0.717, 1.165) is 12.4 Å². The van der Waals surface area contributed by atoms with E-state index >= 15 is 0 Å². The second-order valence-electron chi connectivity index (χ2n) is 4.58. The van der Waals surface area contributed by atoms with Gasteiger partial charge in [0.2, 0.25) is 7.41 Å². The molecule has 0 aromatic rings. The van der Waals surface area contributed by atoms with E-state index in [2.05, 4.69) is 19.6 Å². The number of nitrogens with two attached hydrogens (primary N) is 1. The second kappa shape index (κ2) is 11.5. The van der Waals surface area contributed by atoms with Crippen LogP contribution in [0.25, 0.3) is 0 Å². The minimum Gasteiger partial charge on any atom is -0.357 e. The van der Waals surface area contributed by atoms with Crippen LogP contribution in [0.4, 0.5) is 0 Å². The number of hydrogen-bond acceptors (Lipinski definition) is 2. The lowest BCUT2D eigenvalue weighted by Crippen LogP contribution is -2.37. The van der Waals surface area contributed by atoms with Crippen molar-refractivity contribution in [3.8, 4) is 0 Å². The summed E-state index contributed by atoms with van der Waals surface area (Å²) in [5.74, 6) is 0.782. The van der Waals surface area contributed by atoms with Crippen LogP contribution in [0.3, 0.4) is 0 Å². The van der Waals surface area contributed by atoms with Crippen molar-refractivity contribution in [3.63, 3.8) is 0 Å². The van der Waals surface area contributed by atoms with Crippen molar-refractivity contribution in [1.82, 2.24) is 5.23 Å². The minimum atomic E-state index is 0.431. The summed E-state index contributed by atoms with van der Waals surface area (Å²) in [4.78, 5) is 0. The third-order valence-corrected chi connectivity index (χ3v) is 3.12. The molecule has 1 unspecified atom stereocenters. The van der Waals surface area contributed by atoms with Gasteiger partial charge in [-0.2, -0.15) is 0 Å². The summed E-state index contributed by atoms with van der Waals surface area (Å²) in [6.45, 7) is 6.86. The van der Waals surface area contributed by atoms with Crippen LogP contribution in [-0.2, 0) is 0 Å². The van der Waals surface area contributed by atoms with Crippen molar-refractivity contribution >= 4 is 7.41 Å². The number of rotatable bonds is 4. The van der Waals surface area contributed by atoms with Gasteiger partial charge in [0.1, 0.15) is 0 Å². The molecule has 3 N–H and O–H groups in total. The third-order valence-electron chi connectivity index (χ3n) is 3.12. The maximum absolute atomic E-state index is 5.56. The van der Waals surface area contributed by atoms with Gasteiger partial charge < -0.3 is 11.0 Å². The monoisotopic (exact) mass is 225 g/mol. The first kappa shape index (κ1) is 16.0.